The monoisotopic (exact) mass is 497 g/mol. The van der Waals surface area contributed by atoms with Crippen molar-refractivity contribution in [2.75, 3.05) is 17.8 Å². The van der Waals surface area contributed by atoms with Crippen molar-refractivity contribution >= 4 is 33.0 Å². The average Bonchev–Trinajstić information content (AvgIpc) is 3.27. The number of thiophene rings is 1. The molecular formula is C26H31N3O3S2. The molecule has 0 radical (unpaired) electrons. The van der Waals surface area contributed by atoms with Crippen LogP contribution in [0.1, 0.15) is 42.4 Å². The van der Waals surface area contributed by atoms with Crippen molar-refractivity contribution in [3.05, 3.63) is 82.7 Å². The summed E-state index contributed by atoms with van der Waals surface area (Å²) in [6.07, 6.45) is 5.50. The Bertz CT molecular complexity index is 1150. The Hall–Kier alpha value is -2.68. The third kappa shape index (κ3) is 7.16. The minimum atomic E-state index is -3.57. The van der Waals surface area contributed by atoms with Crippen LogP contribution in [0, 0.1) is 0 Å². The Morgan fingerprint density at radius 3 is 2.15 bits per heavy atom. The van der Waals surface area contributed by atoms with Crippen LogP contribution in [-0.4, -0.2) is 32.3 Å². The maximum Gasteiger partial charge on any atom is 0.271 e. The number of carbonyl (C=O) groups is 1. The van der Waals surface area contributed by atoms with Crippen LogP contribution in [0.15, 0.2) is 70.3 Å². The van der Waals surface area contributed by atoms with Crippen molar-refractivity contribution in [3.8, 4) is 0 Å². The predicted octanol–water partition coefficient (Wildman–Crippen LogP) is 4.78. The van der Waals surface area contributed by atoms with E-state index >= 15 is 0 Å². The van der Waals surface area contributed by atoms with E-state index in [0.717, 1.165) is 17.7 Å². The van der Waals surface area contributed by atoms with Crippen LogP contribution in [0.4, 0.5) is 5.69 Å². The molecule has 2 heterocycles. The lowest BCUT2D eigenvalue weighted by Gasteiger charge is -2.19. The lowest BCUT2D eigenvalue weighted by Crippen LogP contribution is -2.25. The van der Waals surface area contributed by atoms with Gasteiger partial charge in [0.1, 0.15) is 4.21 Å². The Labute approximate surface area is 206 Å². The summed E-state index contributed by atoms with van der Waals surface area (Å²) in [5, 5.41) is 4.69. The van der Waals surface area contributed by atoms with Crippen LogP contribution in [0.3, 0.4) is 0 Å². The van der Waals surface area contributed by atoms with Crippen molar-refractivity contribution in [1.82, 2.24) is 10.2 Å². The number of nitrogens with zero attached hydrogens (tertiary/aromatic N) is 1. The molecule has 1 aromatic heterocycles. The standard InChI is InChI=1S/C26H31N3O3S2/c30-25(18-21-11-13-24(14-12-21)28-34(31,32)26-6-5-17-33-26)27-19-22-7-9-23(10-8-22)20-29-15-3-1-2-4-16-29/h5-14,17,28H,1-4,15-16,18-20H2,(H,27,30). The molecule has 6 nitrogen and oxygen atoms in total. The van der Waals surface area contributed by atoms with Crippen LogP contribution in [0.2, 0.25) is 0 Å². The topological polar surface area (TPSA) is 78.5 Å². The van der Waals surface area contributed by atoms with Gasteiger partial charge in [-0.3, -0.25) is 14.4 Å². The fraction of sp³-hybridized carbons (Fsp3) is 0.346. The summed E-state index contributed by atoms with van der Waals surface area (Å²) in [4.78, 5) is 14.9. The lowest BCUT2D eigenvalue weighted by molar-refractivity contribution is -0.120. The molecule has 2 aromatic carbocycles. The fourth-order valence-corrected chi connectivity index (χ4v) is 6.13. The van der Waals surface area contributed by atoms with Crippen molar-refractivity contribution in [1.29, 1.82) is 0 Å². The first-order valence-electron chi connectivity index (χ1n) is 11.7. The van der Waals surface area contributed by atoms with Crippen LogP contribution < -0.4 is 10.0 Å². The Morgan fingerprint density at radius 2 is 1.50 bits per heavy atom. The maximum atomic E-state index is 12.4. The lowest BCUT2D eigenvalue weighted by atomic mass is 10.1. The predicted molar refractivity (Wildman–Crippen MR) is 137 cm³/mol. The van der Waals surface area contributed by atoms with Crippen LogP contribution >= 0.6 is 11.3 Å². The summed E-state index contributed by atoms with van der Waals surface area (Å²) >= 11 is 1.17. The van der Waals surface area contributed by atoms with Crippen LogP contribution in [0.5, 0.6) is 0 Å². The van der Waals surface area contributed by atoms with Gasteiger partial charge in [0.25, 0.3) is 10.0 Å². The number of hydrogen-bond acceptors (Lipinski definition) is 5. The van der Waals surface area contributed by atoms with E-state index in [0.29, 0.717) is 12.2 Å². The second kappa shape index (κ2) is 11.6. The highest BCUT2D eigenvalue weighted by molar-refractivity contribution is 7.94. The van der Waals surface area contributed by atoms with Gasteiger partial charge in [0.15, 0.2) is 0 Å². The minimum absolute atomic E-state index is 0.0689. The molecular weight excluding hydrogens is 466 g/mol. The first-order chi connectivity index (χ1) is 16.5. The fourth-order valence-electron chi connectivity index (χ4n) is 4.08. The second-order valence-corrected chi connectivity index (χ2v) is 11.6. The Balaban J connectivity index is 1.23. The van der Waals surface area contributed by atoms with Gasteiger partial charge < -0.3 is 5.32 Å². The smallest absolute Gasteiger partial charge is 0.271 e. The van der Waals surface area contributed by atoms with Crippen molar-refractivity contribution < 1.29 is 13.2 Å². The van der Waals surface area contributed by atoms with E-state index in [-0.39, 0.29) is 16.5 Å². The molecule has 1 saturated heterocycles. The number of amides is 1. The number of nitrogens with one attached hydrogen (secondary N) is 2. The van der Waals surface area contributed by atoms with E-state index in [4.69, 9.17) is 0 Å². The molecule has 0 bridgehead atoms. The molecule has 0 aliphatic carbocycles. The molecule has 0 saturated carbocycles. The molecule has 8 heteroatoms. The Morgan fingerprint density at radius 1 is 0.853 bits per heavy atom. The van der Waals surface area contributed by atoms with Gasteiger partial charge in [-0.2, -0.15) is 0 Å². The zero-order valence-corrected chi connectivity index (χ0v) is 20.8. The van der Waals surface area contributed by atoms with Gasteiger partial charge in [-0.15, -0.1) is 11.3 Å². The molecule has 0 unspecified atom stereocenters. The highest BCUT2D eigenvalue weighted by Gasteiger charge is 2.15. The molecule has 0 spiro atoms. The van der Waals surface area contributed by atoms with Gasteiger partial charge in [-0.1, -0.05) is 55.3 Å². The molecule has 2 N–H and O–H groups in total. The quantitative estimate of drug-likeness (QED) is 0.446. The van der Waals surface area contributed by atoms with E-state index in [1.54, 1.807) is 41.8 Å². The number of hydrogen-bond donors (Lipinski definition) is 2. The first-order valence-corrected chi connectivity index (χ1v) is 14.1. The minimum Gasteiger partial charge on any atom is -0.352 e. The average molecular weight is 498 g/mol. The highest BCUT2D eigenvalue weighted by atomic mass is 32.2. The van der Waals surface area contributed by atoms with Crippen molar-refractivity contribution in [2.45, 2.75) is 49.4 Å². The Kier molecular flexibility index (Phi) is 8.37. The van der Waals surface area contributed by atoms with Gasteiger partial charge in [-0.25, -0.2) is 8.42 Å². The maximum absolute atomic E-state index is 12.4. The zero-order chi connectivity index (χ0) is 23.8. The number of carbonyl (C=O) groups excluding carboxylic acids is 1. The number of likely N-dealkylation sites (tertiary alicyclic amines) is 1. The summed E-state index contributed by atoms with van der Waals surface area (Å²) in [6, 6.07) is 18.6. The van der Waals surface area contributed by atoms with Gasteiger partial charge >= 0.3 is 0 Å². The highest BCUT2D eigenvalue weighted by Crippen LogP contribution is 2.20. The molecule has 180 valence electrons. The molecule has 34 heavy (non-hydrogen) atoms. The van der Waals surface area contributed by atoms with Crippen molar-refractivity contribution in [2.24, 2.45) is 0 Å². The van der Waals surface area contributed by atoms with Crippen molar-refractivity contribution in [3.63, 3.8) is 0 Å². The summed E-state index contributed by atoms with van der Waals surface area (Å²) < 4.78 is 27.5. The summed E-state index contributed by atoms with van der Waals surface area (Å²) in [7, 11) is -3.57. The number of anilines is 1. The van der Waals surface area contributed by atoms with E-state index in [9.17, 15) is 13.2 Å². The van der Waals surface area contributed by atoms with E-state index in [1.807, 2.05) is 0 Å². The van der Waals surface area contributed by atoms with Crippen LogP contribution in [-0.2, 0) is 34.3 Å². The summed E-state index contributed by atoms with van der Waals surface area (Å²) in [5.41, 5.74) is 3.68. The number of rotatable bonds is 9. The summed E-state index contributed by atoms with van der Waals surface area (Å²) in [5.74, 6) is -0.0689. The second-order valence-electron chi connectivity index (χ2n) is 8.69. The van der Waals surface area contributed by atoms with E-state index in [2.05, 4.69) is 39.2 Å². The van der Waals surface area contributed by atoms with Gasteiger partial charge in [0, 0.05) is 18.8 Å². The van der Waals surface area contributed by atoms with Gasteiger partial charge in [0.05, 0.1) is 6.42 Å². The molecule has 1 aliphatic heterocycles. The molecule has 1 aliphatic rings. The zero-order valence-electron chi connectivity index (χ0n) is 19.2. The molecule has 1 fully saturated rings. The molecule has 4 rings (SSSR count). The summed E-state index contributed by atoms with van der Waals surface area (Å²) in [6.45, 7) is 3.84. The van der Waals surface area contributed by atoms with Gasteiger partial charge in [0.2, 0.25) is 5.91 Å². The van der Waals surface area contributed by atoms with Gasteiger partial charge in [-0.05, 0) is 66.2 Å². The first kappa shape index (κ1) is 24.4. The number of benzene rings is 2. The van der Waals surface area contributed by atoms with Crippen LogP contribution in [0.25, 0.3) is 0 Å². The number of sulfonamides is 1. The van der Waals surface area contributed by atoms with E-state index < -0.39 is 10.0 Å². The molecule has 0 atom stereocenters. The molecule has 3 aromatic rings. The largest absolute Gasteiger partial charge is 0.352 e. The molecule has 1 amide bonds. The normalized spacial score (nSPS) is 14.9. The third-order valence-corrected chi connectivity index (χ3v) is 8.73. The SMILES string of the molecule is O=C(Cc1ccc(NS(=O)(=O)c2cccs2)cc1)NCc1ccc(CN2CCCCCC2)cc1. The third-order valence-electron chi connectivity index (χ3n) is 5.95. The van der Waals surface area contributed by atoms with E-state index in [1.165, 1.54) is 55.7 Å².